The van der Waals surface area contributed by atoms with Crippen LogP contribution in [0, 0.1) is 5.92 Å². The summed E-state index contributed by atoms with van der Waals surface area (Å²) in [6.45, 7) is 12.6. The number of hydrogen-bond donors (Lipinski definition) is 4. The molecule has 0 amide bonds. The fourth-order valence-corrected chi connectivity index (χ4v) is 14.6. The van der Waals surface area contributed by atoms with Crippen LogP contribution in [0.3, 0.4) is 0 Å². The maximum absolute atomic E-state index is 12.1. The van der Waals surface area contributed by atoms with Gasteiger partial charge in [-0.05, 0) is 73.1 Å². The second-order valence-electron chi connectivity index (χ2n) is 22.2. The van der Waals surface area contributed by atoms with E-state index < -0.39 is 116 Å². The predicted octanol–water partition coefficient (Wildman–Crippen LogP) is 2.68. The van der Waals surface area contributed by atoms with Gasteiger partial charge in [0.15, 0.2) is 0 Å². The largest absolute Gasteiger partial charge is 0.397 e. The highest BCUT2D eigenvalue weighted by molar-refractivity contribution is 7.81. The summed E-state index contributed by atoms with van der Waals surface area (Å²) >= 11 is 0. The number of aliphatic hydroxyl groups is 2. The highest BCUT2D eigenvalue weighted by Crippen LogP contribution is 2.54. The molecule has 22 heteroatoms. The molecule has 0 aliphatic carbocycles. The van der Waals surface area contributed by atoms with Gasteiger partial charge in [0.25, 0.3) is 0 Å². The Kier molecular flexibility index (Phi) is 12.5. The number of fused-ring (bicyclic) bond motifs is 9. The third kappa shape index (κ3) is 8.77. The molecular weight excluding hydrogens is 913 g/mol. The van der Waals surface area contributed by atoms with Gasteiger partial charge in [0.2, 0.25) is 0 Å². The summed E-state index contributed by atoms with van der Waals surface area (Å²) in [4.78, 5) is 0. The van der Waals surface area contributed by atoms with Crippen LogP contribution in [0.15, 0.2) is 0 Å². The van der Waals surface area contributed by atoms with E-state index in [0.29, 0.717) is 51.4 Å². The third-order valence-electron chi connectivity index (χ3n) is 17.7. The predicted molar refractivity (Wildman–Crippen MR) is 226 cm³/mol. The van der Waals surface area contributed by atoms with Crippen molar-refractivity contribution in [3.63, 3.8) is 0 Å². The van der Waals surface area contributed by atoms with Crippen LogP contribution in [0.5, 0.6) is 0 Å². The zero-order valence-electron chi connectivity index (χ0n) is 38.8. The summed E-state index contributed by atoms with van der Waals surface area (Å²) in [6, 6.07) is 0. The van der Waals surface area contributed by atoms with Crippen LogP contribution >= 0.6 is 0 Å². The molecule has 0 aromatic rings. The molecule has 0 bridgehead atoms. The van der Waals surface area contributed by atoms with Gasteiger partial charge >= 0.3 is 20.8 Å². The van der Waals surface area contributed by atoms with Crippen LogP contribution in [0.4, 0.5) is 0 Å². The first kappa shape index (κ1) is 48.9. The Balaban J connectivity index is 0.819. The second-order valence-corrected chi connectivity index (χ2v) is 24.4. The Hall–Kier alpha value is -0.740. The molecule has 10 rings (SSSR count). The Bertz CT molecular complexity index is 2050. The molecule has 4 N–H and O–H groups in total. The minimum absolute atomic E-state index is 0.0226. The molecule has 10 aliphatic rings. The fraction of sp³-hybridized carbons (Fsp3) is 1.00. The van der Waals surface area contributed by atoms with Crippen molar-refractivity contribution in [2.75, 3.05) is 6.61 Å². The average molecular weight is 983 g/mol. The Morgan fingerprint density at radius 3 is 1.77 bits per heavy atom. The molecule has 0 spiro atoms. The van der Waals surface area contributed by atoms with Crippen molar-refractivity contribution in [3.05, 3.63) is 0 Å². The van der Waals surface area contributed by atoms with E-state index in [2.05, 4.69) is 25.0 Å². The first-order valence-corrected chi connectivity index (χ1v) is 26.8. The van der Waals surface area contributed by atoms with Crippen molar-refractivity contribution in [2.24, 2.45) is 5.92 Å². The quantitative estimate of drug-likeness (QED) is 0.279. The van der Waals surface area contributed by atoms with Gasteiger partial charge in [-0.25, -0.2) is 8.37 Å². The summed E-state index contributed by atoms with van der Waals surface area (Å²) in [7, 11) is -9.78. The van der Waals surface area contributed by atoms with Crippen molar-refractivity contribution in [1.29, 1.82) is 0 Å². The van der Waals surface area contributed by atoms with Gasteiger partial charge in [0, 0.05) is 51.4 Å². The van der Waals surface area contributed by atoms with Crippen LogP contribution in [-0.4, -0.2) is 181 Å². The lowest BCUT2D eigenvalue weighted by Gasteiger charge is -2.59. The average Bonchev–Trinajstić information content (AvgIpc) is 3.33. The SMILES string of the molecule is CC1CCC2(C)OC3(C)CCC4OC5CC6OC7CC(C)(OS(=O)(=O)O)C(C)(CCOS(=O)(=O)O)OC7CC6OC5CC4OC3CC2OC2CC3OC4CC(O)C(C)OC4(C)C(O)C3OC12. The molecule has 66 heavy (non-hydrogen) atoms. The monoisotopic (exact) mass is 982 g/mol. The van der Waals surface area contributed by atoms with Crippen molar-refractivity contribution < 1.29 is 91.9 Å². The summed E-state index contributed by atoms with van der Waals surface area (Å²) in [6.07, 6.45) is -2.48. The van der Waals surface area contributed by atoms with Gasteiger partial charge in [-0.3, -0.25) is 9.11 Å². The first-order chi connectivity index (χ1) is 30.8. The van der Waals surface area contributed by atoms with Crippen molar-refractivity contribution >= 4 is 20.8 Å². The molecule has 24 unspecified atom stereocenters. The summed E-state index contributed by atoms with van der Waals surface area (Å²) in [5.74, 6) is 0.105. The maximum Gasteiger partial charge on any atom is 0.397 e. The van der Waals surface area contributed by atoms with E-state index in [-0.39, 0.29) is 67.6 Å². The molecule has 0 aromatic heterocycles. The second kappa shape index (κ2) is 16.9. The van der Waals surface area contributed by atoms with E-state index in [1.165, 1.54) is 6.92 Å². The molecule has 10 fully saturated rings. The van der Waals surface area contributed by atoms with Crippen LogP contribution in [0.2, 0.25) is 0 Å². The van der Waals surface area contributed by atoms with E-state index in [1.54, 1.807) is 6.92 Å². The lowest BCUT2D eigenvalue weighted by atomic mass is 9.73. The normalized spacial score (nSPS) is 56.1. The summed E-state index contributed by atoms with van der Waals surface area (Å²) in [5, 5.41) is 22.5. The fourth-order valence-electron chi connectivity index (χ4n) is 13.6. The van der Waals surface area contributed by atoms with Crippen LogP contribution < -0.4 is 0 Å². The molecule has 20 nitrogen and oxygen atoms in total. The van der Waals surface area contributed by atoms with E-state index in [0.717, 1.165) is 12.8 Å². The molecular formula is C44H70O20S2. The Labute approximate surface area is 387 Å². The zero-order valence-corrected chi connectivity index (χ0v) is 40.4. The van der Waals surface area contributed by atoms with Crippen LogP contribution in [0.25, 0.3) is 0 Å². The van der Waals surface area contributed by atoms with Gasteiger partial charge in [-0.15, -0.1) is 0 Å². The number of rotatable bonds is 6. The third-order valence-corrected chi connectivity index (χ3v) is 18.7. The van der Waals surface area contributed by atoms with Crippen molar-refractivity contribution in [2.45, 2.75) is 263 Å². The first-order valence-electron chi connectivity index (χ1n) is 24.1. The highest BCUT2D eigenvalue weighted by atomic mass is 32.3. The van der Waals surface area contributed by atoms with E-state index in [4.69, 9.17) is 51.6 Å². The summed E-state index contributed by atoms with van der Waals surface area (Å²) in [5.41, 5.74) is -5.46. The molecule has 24 atom stereocenters. The molecule has 0 aromatic carbocycles. The topological polar surface area (TPSA) is 260 Å². The van der Waals surface area contributed by atoms with Gasteiger partial charge in [0.1, 0.15) is 23.4 Å². The summed E-state index contributed by atoms with van der Waals surface area (Å²) < 4.78 is 144. The zero-order chi connectivity index (χ0) is 47.1. The highest BCUT2D eigenvalue weighted by Gasteiger charge is 2.64. The lowest BCUT2D eigenvalue weighted by molar-refractivity contribution is -0.363. The molecule has 10 saturated heterocycles. The van der Waals surface area contributed by atoms with Crippen molar-refractivity contribution in [3.8, 4) is 0 Å². The standard InChI is InChI=1S/C44H70O20S2/c1-21-8-10-40(3)35(58-31-18-32-38(60-37(21)31)39(46)44(7)36(59-32)14-23(45)22(2)61-44)19-34-41(4,63-40)11-9-24-25(57-34)15-27-26(54-24)16-28-29(55-27)17-30-33(56-28)20-43(6,64-66(50,51)52)42(5,62-30)12-13-53-65(47,48)49/h21-39,45-46H,8-20H2,1-7H3,(H,47,48,49)(H,50,51,52). The Morgan fingerprint density at radius 1 is 0.576 bits per heavy atom. The molecule has 378 valence electrons. The number of ether oxygens (including phenoxy) is 10. The minimum atomic E-state index is -4.99. The van der Waals surface area contributed by atoms with Gasteiger partial charge in [-0.1, -0.05) is 6.92 Å². The van der Waals surface area contributed by atoms with Crippen LogP contribution in [-0.2, 0) is 76.5 Å². The molecule has 0 radical (unpaired) electrons. The smallest absolute Gasteiger partial charge is 0.390 e. The number of aliphatic hydroxyl groups excluding tert-OH is 2. The van der Waals surface area contributed by atoms with Gasteiger partial charge in [-0.2, -0.15) is 16.8 Å². The van der Waals surface area contributed by atoms with Crippen molar-refractivity contribution in [1.82, 2.24) is 0 Å². The van der Waals surface area contributed by atoms with Gasteiger partial charge in [0.05, 0.1) is 121 Å². The van der Waals surface area contributed by atoms with E-state index >= 15 is 0 Å². The van der Waals surface area contributed by atoms with Gasteiger partial charge < -0.3 is 57.6 Å². The van der Waals surface area contributed by atoms with Crippen LogP contribution in [0.1, 0.15) is 126 Å². The maximum atomic E-state index is 12.1. The minimum Gasteiger partial charge on any atom is -0.390 e. The number of hydrogen-bond acceptors (Lipinski definition) is 18. The molecule has 0 saturated carbocycles. The van der Waals surface area contributed by atoms with E-state index in [9.17, 15) is 36.2 Å². The van der Waals surface area contributed by atoms with E-state index in [1.807, 2.05) is 13.8 Å². The Morgan fingerprint density at radius 2 is 1.12 bits per heavy atom. The molecule has 10 aliphatic heterocycles. The lowest BCUT2D eigenvalue weighted by Crippen LogP contribution is -2.73. The molecule has 10 heterocycles.